The zero-order valence-corrected chi connectivity index (χ0v) is 21.3. The summed E-state index contributed by atoms with van der Waals surface area (Å²) in [5, 5.41) is 9.48. The quantitative estimate of drug-likeness (QED) is 0.565. The minimum absolute atomic E-state index is 0.0805. The number of fused-ring (bicyclic) bond motifs is 2. The molecule has 36 heavy (non-hydrogen) atoms. The molecule has 2 atom stereocenters. The Morgan fingerprint density at radius 1 is 1.25 bits per heavy atom. The van der Waals surface area contributed by atoms with Crippen molar-refractivity contribution in [3.8, 4) is 12.1 Å². The SMILES string of the molecule is COC/C=C/C(=O)N1CCN(c2nc(OC)nc3c2CCC2(CCC4=C2CCC=C4)C3)CC1CC#N. The highest BCUT2D eigenvalue weighted by Gasteiger charge is 2.44. The van der Waals surface area contributed by atoms with Crippen LogP contribution in [0.25, 0.3) is 0 Å². The predicted octanol–water partition coefficient (Wildman–Crippen LogP) is 3.53. The van der Waals surface area contributed by atoms with Gasteiger partial charge in [0.15, 0.2) is 0 Å². The fraction of sp³-hybridized carbons (Fsp3) is 0.571. The smallest absolute Gasteiger partial charge is 0.318 e. The third-order valence-electron chi connectivity index (χ3n) is 8.29. The van der Waals surface area contributed by atoms with Crippen LogP contribution in [0.2, 0.25) is 0 Å². The fourth-order valence-corrected chi connectivity index (χ4v) is 6.53. The van der Waals surface area contributed by atoms with Crippen LogP contribution in [0.5, 0.6) is 6.01 Å². The molecule has 0 aromatic carbocycles. The molecule has 3 aliphatic carbocycles. The standard InChI is InChI=1S/C28H35N5O3/c1-35-17-5-8-25(34)33-16-15-32(19-21(33)11-14-29)26-22-10-13-28(18-24(22)30-27(31-26)36-2)12-9-20-6-3-4-7-23(20)28/h3,5-6,8,21H,4,7,9-13,15-19H2,1-2H3/b8-5+. The molecule has 190 valence electrons. The number of nitrogens with zero attached hydrogens (tertiary/aromatic N) is 5. The molecule has 0 radical (unpaired) electrons. The number of amides is 1. The predicted molar refractivity (Wildman–Crippen MR) is 137 cm³/mol. The van der Waals surface area contributed by atoms with E-state index in [1.807, 2.05) is 0 Å². The van der Waals surface area contributed by atoms with Gasteiger partial charge in [-0.25, -0.2) is 0 Å². The number of aromatic nitrogens is 2. The number of hydrogen-bond acceptors (Lipinski definition) is 7. The highest BCUT2D eigenvalue weighted by Crippen LogP contribution is 2.54. The molecule has 4 aliphatic rings. The summed E-state index contributed by atoms with van der Waals surface area (Å²) in [4.78, 5) is 26.5. The zero-order chi connectivity index (χ0) is 25.1. The number of rotatable bonds is 6. The minimum atomic E-state index is -0.202. The topological polar surface area (TPSA) is 91.6 Å². The summed E-state index contributed by atoms with van der Waals surface area (Å²) in [7, 11) is 3.22. The lowest BCUT2D eigenvalue weighted by Crippen LogP contribution is -2.55. The van der Waals surface area contributed by atoms with Crippen molar-refractivity contribution in [1.82, 2.24) is 14.9 Å². The Morgan fingerprint density at radius 2 is 2.11 bits per heavy atom. The van der Waals surface area contributed by atoms with Crippen LogP contribution in [0.1, 0.15) is 49.8 Å². The lowest BCUT2D eigenvalue weighted by Gasteiger charge is -2.43. The van der Waals surface area contributed by atoms with E-state index >= 15 is 0 Å². The zero-order valence-electron chi connectivity index (χ0n) is 21.3. The van der Waals surface area contributed by atoms with E-state index in [-0.39, 0.29) is 23.8 Å². The van der Waals surface area contributed by atoms with E-state index in [9.17, 15) is 10.1 Å². The summed E-state index contributed by atoms with van der Waals surface area (Å²) in [6.45, 7) is 2.15. The van der Waals surface area contributed by atoms with E-state index in [0.717, 1.165) is 37.2 Å². The fourth-order valence-electron chi connectivity index (χ4n) is 6.53. The van der Waals surface area contributed by atoms with Crippen molar-refractivity contribution >= 4 is 11.7 Å². The van der Waals surface area contributed by atoms with Crippen LogP contribution < -0.4 is 9.64 Å². The summed E-state index contributed by atoms with van der Waals surface area (Å²) < 4.78 is 10.6. The van der Waals surface area contributed by atoms with E-state index in [1.54, 1.807) is 42.4 Å². The van der Waals surface area contributed by atoms with E-state index in [2.05, 4.69) is 23.1 Å². The Kier molecular flexibility index (Phi) is 7.10. The molecule has 0 saturated carbocycles. The second-order valence-corrected chi connectivity index (χ2v) is 10.2. The molecule has 1 spiro atoms. The van der Waals surface area contributed by atoms with E-state index in [1.165, 1.54) is 24.8 Å². The van der Waals surface area contributed by atoms with Crippen molar-refractivity contribution in [3.63, 3.8) is 0 Å². The second kappa shape index (κ2) is 10.4. The van der Waals surface area contributed by atoms with Crippen LogP contribution in [0.15, 0.2) is 35.5 Å². The van der Waals surface area contributed by atoms with Crippen molar-refractivity contribution in [3.05, 3.63) is 46.7 Å². The number of ether oxygens (including phenoxy) is 2. The highest BCUT2D eigenvalue weighted by molar-refractivity contribution is 5.88. The molecule has 2 heterocycles. The first kappa shape index (κ1) is 24.5. The molecular formula is C28H35N5O3. The summed E-state index contributed by atoms with van der Waals surface area (Å²) >= 11 is 0. The number of nitriles is 1. The number of carbonyl (C=O) groups excluding carboxylic acids is 1. The van der Waals surface area contributed by atoms with Crippen LogP contribution in [-0.2, 0) is 22.4 Å². The molecule has 1 aliphatic heterocycles. The van der Waals surface area contributed by atoms with Gasteiger partial charge in [0.2, 0.25) is 5.91 Å². The number of methoxy groups -OCH3 is 2. The Balaban J connectivity index is 1.41. The van der Waals surface area contributed by atoms with Crippen molar-refractivity contribution in [2.24, 2.45) is 5.41 Å². The normalized spacial score (nSPS) is 25.3. The average Bonchev–Trinajstić information content (AvgIpc) is 3.25. The molecule has 1 saturated heterocycles. The molecule has 0 bridgehead atoms. The second-order valence-electron chi connectivity index (χ2n) is 10.2. The highest BCUT2D eigenvalue weighted by atomic mass is 16.5. The van der Waals surface area contributed by atoms with Gasteiger partial charge in [-0.3, -0.25) is 4.79 Å². The Hall–Kier alpha value is -3.18. The summed E-state index contributed by atoms with van der Waals surface area (Å²) in [6, 6.07) is 2.46. The average molecular weight is 490 g/mol. The molecular weight excluding hydrogens is 454 g/mol. The van der Waals surface area contributed by atoms with Gasteiger partial charge in [0, 0.05) is 38.4 Å². The van der Waals surface area contributed by atoms with Crippen molar-refractivity contribution < 1.29 is 14.3 Å². The third kappa shape index (κ3) is 4.53. The number of piperazine rings is 1. The van der Waals surface area contributed by atoms with Crippen LogP contribution >= 0.6 is 0 Å². The Morgan fingerprint density at radius 3 is 2.92 bits per heavy atom. The molecule has 2 unspecified atom stereocenters. The molecule has 1 aromatic rings. The lowest BCUT2D eigenvalue weighted by molar-refractivity contribution is -0.128. The molecule has 1 amide bonds. The van der Waals surface area contributed by atoms with Crippen molar-refractivity contribution in [2.45, 2.75) is 57.4 Å². The molecule has 8 heteroatoms. The van der Waals surface area contributed by atoms with Crippen LogP contribution in [0.3, 0.4) is 0 Å². The molecule has 1 fully saturated rings. The number of anilines is 1. The summed E-state index contributed by atoms with van der Waals surface area (Å²) in [5.41, 5.74) is 5.72. The maximum Gasteiger partial charge on any atom is 0.318 e. The van der Waals surface area contributed by atoms with Crippen molar-refractivity contribution in [2.75, 3.05) is 45.4 Å². The lowest BCUT2D eigenvalue weighted by atomic mass is 9.67. The van der Waals surface area contributed by atoms with Gasteiger partial charge in [-0.05, 0) is 55.9 Å². The molecule has 1 aromatic heterocycles. The van der Waals surface area contributed by atoms with Gasteiger partial charge in [0.25, 0.3) is 0 Å². The third-order valence-corrected chi connectivity index (χ3v) is 8.29. The van der Waals surface area contributed by atoms with Gasteiger partial charge in [-0.15, -0.1) is 0 Å². The molecule has 8 nitrogen and oxygen atoms in total. The van der Waals surface area contributed by atoms with E-state index in [4.69, 9.17) is 19.4 Å². The Bertz CT molecular complexity index is 1150. The molecule has 5 rings (SSSR count). The molecule has 0 N–H and O–H groups in total. The first-order chi connectivity index (χ1) is 17.6. The number of carbonyl (C=O) groups is 1. The van der Waals surface area contributed by atoms with Crippen LogP contribution in [0, 0.1) is 16.7 Å². The first-order valence-electron chi connectivity index (χ1n) is 13.0. The minimum Gasteiger partial charge on any atom is -0.467 e. The van der Waals surface area contributed by atoms with Gasteiger partial charge in [-0.2, -0.15) is 15.2 Å². The van der Waals surface area contributed by atoms with E-state index < -0.39 is 0 Å². The summed E-state index contributed by atoms with van der Waals surface area (Å²) in [5.74, 6) is 0.829. The monoisotopic (exact) mass is 489 g/mol. The largest absolute Gasteiger partial charge is 0.467 e. The maximum absolute atomic E-state index is 12.8. The van der Waals surface area contributed by atoms with Gasteiger partial charge < -0.3 is 19.3 Å². The Labute approximate surface area is 213 Å². The van der Waals surface area contributed by atoms with Gasteiger partial charge in [0.1, 0.15) is 5.82 Å². The maximum atomic E-state index is 12.8. The van der Waals surface area contributed by atoms with Gasteiger partial charge in [-0.1, -0.05) is 23.8 Å². The first-order valence-corrected chi connectivity index (χ1v) is 13.0. The number of allylic oxidation sites excluding steroid dienone is 4. The van der Waals surface area contributed by atoms with Gasteiger partial charge >= 0.3 is 6.01 Å². The van der Waals surface area contributed by atoms with Crippen LogP contribution in [-0.4, -0.2) is 67.3 Å². The van der Waals surface area contributed by atoms with Gasteiger partial charge in [0.05, 0.1) is 37.9 Å². The van der Waals surface area contributed by atoms with Crippen LogP contribution in [0.4, 0.5) is 5.82 Å². The van der Waals surface area contributed by atoms with Crippen molar-refractivity contribution in [1.29, 1.82) is 5.26 Å². The number of hydrogen-bond donors (Lipinski definition) is 0. The van der Waals surface area contributed by atoms with E-state index in [0.29, 0.717) is 32.3 Å². The summed E-state index contributed by atoms with van der Waals surface area (Å²) in [6.07, 6.45) is 15.9.